The lowest BCUT2D eigenvalue weighted by molar-refractivity contribution is -0.143. The van der Waals surface area contributed by atoms with Gasteiger partial charge in [-0.1, -0.05) is 30.3 Å². The van der Waals surface area contributed by atoms with Crippen LogP contribution in [-0.4, -0.2) is 93.6 Å². The van der Waals surface area contributed by atoms with E-state index in [1.165, 1.54) is 48.2 Å². The van der Waals surface area contributed by atoms with Gasteiger partial charge >= 0.3 is 0 Å². The van der Waals surface area contributed by atoms with Crippen molar-refractivity contribution in [1.29, 1.82) is 0 Å². The zero-order chi connectivity index (χ0) is 26.6. The zero-order valence-corrected chi connectivity index (χ0v) is 21.5. The molecule has 2 heterocycles. The van der Waals surface area contributed by atoms with Crippen molar-refractivity contribution in [2.75, 3.05) is 53.2 Å². The molecule has 2 amide bonds. The number of fused-ring (bicyclic) bond motifs is 2. The molecule has 2 aliphatic rings. The van der Waals surface area contributed by atoms with Crippen molar-refractivity contribution in [2.45, 2.75) is 10.4 Å². The molecule has 1 saturated heterocycles. The van der Waals surface area contributed by atoms with Crippen molar-refractivity contribution in [1.82, 2.24) is 14.1 Å². The summed E-state index contributed by atoms with van der Waals surface area (Å²) in [4.78, 5) is 45.0. The summed E-state index contributed by atoms with van der Waals surface area (Å²) in [6, 6.07) is 12.2. The fourth-order valence-corrected chi connectivity index (χ4v) is 5.68. The Morgan fingerprint density at radius 3 is 2.31 bits per heavy atom. The van der Waals surface area contributed by atoms with E-state index in [-0.39, 0.29) is 22.6 Å². The van der Waals surface area contributed by atoms with Crippen molar-refractivity contribution in [2.24, 2.45) is 0 Å². The number of carbonyl (C=O) groups excluding carboxylic acids is 3. The molecule has 2 aromatic carbocycles. The normalized spacial score (nSPS) is 21.4. The van der Waals surface area contributed by atoms with Crippen LogP contribution < -0.4 is 4.90 Å². The number of likely N-dealkylation sites (tertiary alicyclic amines) is 1. The number of rotatable bonds is 6. The van der Waals surface area contributed by atoms with Crippen LogP contribution in [0.2, 0.25) is 0 Å². The number of aliphatic hydroxyl groups excluding tert-OH is 1. The smallest absolute Gasteiger partial charge is 0.296 e. The Morgan fingerprint density at radius 2 is 1.67 bits per heavy atom. The second-order valence-corrected chi connectivity index (χ2v) is 11.4. The standard InChI is InChI=1S/C25H28N4O6S/c1-26(2)13-14-29-23(32)22(31)20(25(29)18-11-6-7-12-19(18)28(5)24(25)33)21(30)16-9-8-10-17(15-16)36(34,35)27(3)4/h6-12,15,30H,13-14H2,1-5H3/b21-20+. The average molecular weight is 513 g/mol. The van der Waals surface area contributed by atoms with Crippen LogP contribution in [0.4, 0.5) is 5.69 Å². The van der Waals surface area contributed by atoms with Crippen LogP contribution in [0, 0.1) is 0 Å². The van der Waals surface area contributed by atoms with E-state index in [2.05, 4.69) is 0 Å². The first-order valence-corrected chi connectivity index (χ1v) is 12.7. The maximum absolute atomic E-state index is 13.9. The Balaban J connectivity index is 2.03. The van der Waals surface area contributed by atoms with Gasteiger partial charge in [-0.05, 0) is 32.3 Å². The highest BCUT2D eigenvalue weighted by Crippen LogP contribution is 2.53. The van der Waals surface area contributed by atoms with Crippen molar-refractivity contribution < 1.29 is 27.9 Å². The first-order valence-electron chi connectivity index (χ1n) is 11.2. The van der Waals surface area contributed by atoms with E-state index in [4.69, 9.17) is 0 Å². The number of likely N-dealkylation sites (N-methyl/N-ethyl adjacent to an activating group) is 2. The van der Waals surface area contributed by atoms with E-state index in [0.29, 0.717) is 17.8 Å². The number of benzene rings is 2. The van der Waals surface area contributed by atoms with Crippen molar-refractivity contribution in [3.8, 4) is 0 Å². The number of hydrogen-bond acceptors (Lipinski definition) is 7. The van der Waals surface area contributed by atoms with E-state index >= 15 is 0 Å². The minimum Gasteiger partial charge on any atom is -0.507 e. The quantitative estimate of drug-likeness (QED) is 0.349. The number of aliphatic hydroxyl groups is 1. The molecule has 10 nitrogen and oxygen atoms in total. The number of anilines is 1. The van der Waals surface area contributed by atoms with Crippen LogP contribution in [0.5, 0.6) is 0 Å². The van der Waals surface area contributed by atoms with Gasteiger partial charge < -0.3 is 19.8 Å². The van der Waals surface area contributed by atoms with Crippen LogP contribution in [0.15, 0.2) is 59.0 Å². The van der Waals surface area contributed by atoms with E-state index in [9.17, 15) is 27.9 Å². The highest BCUT2D eigenvalue weighted by atomic mass is 32.2. The second kappa shape index (κ2) is 8.84. The van der Waals surface area contributed by atoms with Gasteiger partial charge in [0.15, 0.2) is 5.54 Å². The highest BCUT2D eigenvalue weighted by molar-refractivity contribution is 7.89. The molecule has 0 bridgehead atoms. The number of nitrogens with zero attached hydrogens (tertiary/aromatic N) is 4. The number of hydrogen-bond donors (Lipinski definition) is 1. The van der Waals surface area contributed by atoms with Crippen LogP contribution in [0.1, 0.15) is 11.1 Å². The molecule has 190 valence electrons. The lowest BCUT2D eigenvalue weighted by Crippen LogP contribution is -2.52. The van der Waals surface area contributed by atoms with Gasteiger partial charge in [0.05, 0.1) is 10.5 Å². The molecule has 1 N–H and O–H groups in total. The Bertz CT molecular complexity index is 1420. The molecular formula is C25H28N4O6S. The van der Waals surface area contributed by atoms with Crippen molar-refractivity contribution >= 4 is 39.1 Å². The van der Waals surface area contributed by atoms with Crippen molar-refractivity contribution in [3.63, 3.8) is 0 Å². The van der Waals surface area contributed by atoms with E-state index in [0.717, 1.165) is 4.31 Å². The lowest BCUT2D eigenvalue weighted by Gasteiger charge is -2.34. The summed E-state index contributed by atoms with van der Waals surface area (Å²) in [7, 11) is 4.06. The topological polar surface area (TPSA) is 119 Å². The molecule has 1 fully saturated rings. The van der Waals surface area contributed by atoms with Crippen LogP contribution in [0.25, 0.3) is 5.76 Å². The molecule has 1 atom stereocenters. The fraction of sp³-hybridized carbons (Fsp3) is 0.320. The van der Waals surface area contributed by atoms with Crippen molar-refractivity contribution in [3.05, 3.63) is 65.2 Å². The monoisotopic (exact) mass is 512 g/mol. The van der Waals surface area contributed by atoms with Gasteiger partial charge in [-0.2, -0.15) is 0 Å². The molecule has 0 saturated carbocycles. The van der Waals surface area contributed by atoms with Crippen LogP contribution >= 0.6 is 0 Å². The molecule has 1 spiro atoms. The molecule has 2 aliphatic heterocycles. The summed E-state index contributed by atoms with van der Waals surface area (Å²) in [5.74, 6) is -3.09. The SMILES string of the molecule is CN(C)CCN1C(=O)C(=O)/C(=C(\O)c2cccc(S(=O)(=O)N(C)C)c2)C12C(=O)N(C)c1ccccc12. The molecule has 2 aromatic rings. The molecule has 1 unspecified atom stereocenters. The third-order valence-corrected chi connectivity index (χ3v) is 8.41. The summed E-state index contributed by atoms with van der Waals surface area (Å²) in [5.41, 5.74) is -1.35. The van der Waals surface area contributed by atoms with Gasteiger partial charge in [0.25, 0.3) is 17.6 Å². The zero-order valence-electron chi connectivity index (χ0n) is 20.7. The first-order chi connectivity index (χ1) is 16.9. The fourth-order valence-electron chi connectivity index (χ4n) is 4.73. The van der Waals surface area contributed by atoms with E-state index in [1.807, 2.05) is 4.90 Å². The van der Waals surface area contributed by atoms with E-state index in [1.54, 1.807) is 45.4 Å². The summed E-state index contributed by atoms with van der Waals surface area (Å²) < 4.78 is 26.4. The summed E-state index contributed by atoms with van der Waals surface area (Å²) in [6.45, 7) is 0.419. The molecule has 36 heavy (non-hydrogen) atoms. The Morgan fingerprint density at radius 1 is 1.00 bits per heavy atom. The van der Waals surface area contributed by atoms with Crippen LogP contribution in [0.3, 0.4) is 0 Å². The molecule has 11 heteroatoms. The molecule has 0 aromatic heterocycles. The average Bonchev–Trinajstić information content (AvgIpc) is 3.20. The largest absolute Gasteiger partial charge is 0.507 e. The Hall–Kier alpha value is -3.54. The van der Waals surface area contributed by atoms with Gasteiger partial charge in [0.2, 0.25) is 10.0 Å². The number of carbonyl (C=O) groups is 3. The summed E-state index contributed by atoms with van der Waals surface area (Å²) in [6.07, 6.45) is 0. The third-order valence-electron chi connectivity index (χ3n) is 6.60. The number of sulfonamides is 1. The Labute approximate surface area is 210 Å². The summed E-state index contributed by atoms with van der Waals surface area (Å²) >= 11 is 0. The maximum Gasteiger partial charge on any atom is 0.296 e. The second-order valence-electron chi connectivity index (χ2n) is 9.22. The van der Waals surface area contributed by atoms with Gasteiger partial charge in [-0.15, -0.1) is 0 Å². The summed E-state index contributed by atoms with van der Waals surface area (Å²) in [5, 5.41) is 11.5. The number of Topliss-reactive ketones (excluding diaryl/α,β-unsaturated/α-hetero) is 1. The van der Waals surface area contributed by atoms with Gasteiger partial charge in [-0.25, -0.2) is 12.7 Å². The Kier molecular flexibility index (Phi) is 6.27. The number of amides is 2. The minimum absolute atomic E-state index is 0.00254. The molecule has 0 radical (unpaired) electrons. The van der Waals surface area contributed by atoms with Gasteiger partial charge in [0, 0.05) is 51.0 Å². The minimum atomic E-state index is -3.85. The lowest BCUT2D eigenvalue weighted by atomic mass is 9.82. The predicted octanol–water partition coefficient (Wildman–Crippen LogP) is 1.05. The predicted molar refractivity (Wildman–Crippen MR) is 134 cm³/mol. The third kappa shape index (κ3) is 3.54. The van der Waals surface area contributed by atoms with E-state index < -0.39 is 38.9 Å². The van der Waals surface area contributed by atoms with Gasteiger partial charge in [-0.3, -0.25) is 14.4 Å². The van der Waals surface area contributed by atoms with Crippen LogP contribution in [-0.2, 0) is 29.9 Å². The number of para-hydroxylation sites is 1. The number of ketones is 1. The molecular weight excluding hydrogens is 484 g/mol. The molecule has 0 aliphatic carbocycles. The first kappa shape index (κ1) is 25.5. The highest BCUT2D eigenvalue weighted by Gasteiger charge is 2.66. The molecule has 4 rings (SSSR count). The maximum atomic E-state index is 13.9. The van der Waals surface area contributed by atoms with Gasteiger partial charge in [0.1, 0.15) is 5.76 Å².